The van der Waals surface area contributed by atoms with E-state index in [9.17, 15) is 5.11 Å². The molecule has 0 aliphatic rings. The van der Waals surface area contributed by atoms with E-state index in [1.807, 2.05) is 12.1 Å². The van der Waals surface area contributed by atoms with Crippen molar-refractivity contribution in [2.24, 2.45) is 0 Å². The maximum atomic E-state index is 9.55. The molecule has 3 rings (SSSR count). The van der Waals surface area contributed by atoms with Crippen LogP contribution in [0.2, 0.25) is 0 Å². The molecule has 18 heavy (non-hydrogen) atoms. The fraction of sp³-hybridized carbons (Fsp3) is 0.0714. The maximum absolute atomic E-state index is 9.55. The van der Waals surface area contributed by atoms with Gasteiger partial charge in [-0.3, -0.25) is 0 Å². The Kier molecular flexibility index (Phi) is 2.86. The molecule has 0 aliphatic heterocycles. The normalized spacial score (nSPS) is 10.7. The Labute approximate surface area is 109 Å². The minimum atomic E-state index is 0.258. The number of thiophene rings is 1. The van der Waals surface area contributed by atoms with E-state index in [1.54, 1.807) is 29.7 Å². The molecule has 0 bridgehead atoms. The molecule has 0 saturated carbocycles. The summed E-state index contributed by atoms with van der Waals surface area (Å²) in [5.41, 5.74) is 1.24. The third-order valence-corrected chi connectivity index (χ3v) is 3.52. The number of anilines is 1. The molecule has 0 saturated heterocycles. The van der Waals surface area contributed by atoms with Gasteiger partial charge in [-0.25, -0.2) is 4.98 Å². The zero-order valence-corrected chi connectivity index (χ0v) is 10.4. The van der Waals surface area contributed by atoms with Crippen molar-refractivity contribution in [3.63, 3.8) is 0 Å². The molecule has 0 spiro atoms. The summed E-state index contributed by atoms with van der Waals surface area (Å²) in [5.74, 6) is 1.06. The molecule has 1 aromatic carbocycles. The third kappa shape index (κ3) is 2.15. The van der Waals surface area contributed by atoms with Gasteiger partial charge in [-0.1, -0.05) is 6.07 Å². The van der Waals surface area contributed by atoms with Crippen LogP contribution in [0.1, 0.15) is 5.56 Å². The Hall–Kier alpha value is -2.07. The predicted molar refractivity (Wildman–Crippen MR) is 75.1 cm³/mol. The molecule has 3 aromatic rings. The number of pyridine rings is 1. The third-order valence-electron chi connectivity index (χ3n) is 2.79. The van der Waals surface area contributed by atoms with Crippen LogP contribution in [0, 0.1) is 0 Å². The van der Waals surface area contributed by atoms with E-state index in [2.05, 4.69) is 27.1 Å². The summed E-state index contributed by atoms with van der Waals surface area (Å²) in [5, 5.41) is 19.0. The highest BCUT2D eigenvalue weighted by Gasteiger charge is 2.03. The number of nitrogens with zero attached hydrogens (tertiary/aromatic N) is 1. The molecule has 0 fully saturated rings. The van der Waals surface area contributed by atoms with E-state index < -0.39 is 0 Å². The number of nitrogens with one attached hydrogen (secondary N) is 1. The summed E-state index contributed by atoms with van der Waals surface area (Å²) in [6.07, 6.45) is 1.77. The van der Waals surface area contributed by atoms with Gasteiger partial charge in [0.1, 0.15) is 11.6 Å². The number of hydrogen-bond acceptors (Lipinski definition) is 4. The number of hydrogen-bond donors (Lipinski definition) is 2. The van der Waals surface area contributed by atoms with Gasteiger partial charge in [-0.05, 0) is 46.0 Å². The standard InChI is InChI=1S/C14H12N2OS/c17-12-2-1-11-3-5-15-14(13(11)7-12)16-8-10-4-6-18-9-10/h1-7,9,17H,8H2,(H,15,16). The highest BCUT2D eigenvalue weighted by Crippen LogP contribution is 2.25. The first kappa shape index (κ1) is 11.0. The van der Waals surface area contributed by atoms with Crippen LogP contribution < -0.4 is 5.32 Å². The van der Waals surface area contributed by atoms with Crippen molar-refractivity contribution in [3.8, 4) is 5.75 Å². The second-order valence-electron chi connectivity index (χ2n) is 4.05. The first-order valence-electron chi connectivity index (χ1n) is 5.65. The van der Waals surface area contributed by atoms with Crippen LogP contribution in [-0.4, -0.2) is 10.1 Å². The van der Waals surface area contributed by atoms with Gasteiger partial charge in [-0.15, -0.1) is 0 Å². The van der Waals surface area contributed by atoms with Crippen molar-refractivity contribution in [3.05, 3.63) is 52.9 Å². The number of aromatic hydroxyl groups is 1. The molecule has 0 aliphatic carbocycles. The number of fused-ring (bicyclic) bond motifs is 1. The zero-order valence-electron chi connectivity index (χ0n) is 9.63. The van der Waals surface area contributed by atoms with Crippen LogP contribution in [0.25, 0.3) is 10.8 Å². The lowest BCUT2D eigenvalue weighted by Gasteiger charge is -2.08. The van der Waals surface area contributed by atoms with Gasteiger partial charge in [0, 0.05) is 18.1 Å². The molecular weight excluding hydrogens is 244 g/mol. The summed E-state index contributed by atoms with van der Waals surface area (Å²) in [6, 6.07) is 9.33. The van der Waals surface area contributed by atoms with Crippen LogP contribution >= 0.6 is 11.3 Å². The van der Waals surface area contributed by atoms with Crippen molar-refractivity contribution < 1.29 is 5.11 Å². The minimum absolute atomic E-state index is 0.258. The van der Waals surface area contributed by atoms with Gasteiger partial charge in [0.2, 0.25) is 0 Å². The molecule has 0 unspecified atom stereocenters. The van der Waals surface area contributed by atoms with E-state index in [-0.39, 0.29) is 5.75 Å². The van der Waals surface area contributed by atoms with E-state index in [0.717, 1.165) is 23.1 Å². The van der Waals surface area contributed by atoms with Gasteiger partial charge in [0.15, 0.2) is 0 Å². The highest BCUT2D eigenvalue weighted by atomic mass is 32.1. The maximum Gasteiger partial charge on any atom is 0.134 e. The number of phenolic OH excluding ortho intramolecular Hbond substituents is 1. The minimum Gasteiger partial charge on any atom is -0.508 e. The van der Waals surface area contributed by atoms with Crippen LogP contribution in [0.3, 0.4) is 0 Å². The smallest absolute Gasteiger partial charge is 0.134 e. The van der Waals surface area contributed by atoms with Gasteiger partial charge in [0.25, 0.3) is 0 Å². The molecule has 2 N–H and O–H groups in total. The van der Waals surface area contributed by atoms with Crippen LogP contribution in [-0.2, 0) is 6.54 Å². The van der Waals surface area contributed by atoms with Crippen LogP contribution in [0.15, 0.2) is 47.3 Å². The van der Waals surface area contributed by atoms with Crippen molar-refractivity contribution in [2.45, 2.75) is 6.54 Å². The van der Waals surface area contributed by atoms with Gasteiger partial charge in [-0.2, -0.15) is 11.3 Å². The van der Waals surface area contributed by atoms with E-state index in [0.29, 0.717) is 0 Å². The molecule has 90 valence electrons. The summed E-state index contributed by atoms with van der Waals surface area (Å²) in [6.45, 7) is 0.741. The van der Waals surface area contributed by atoms with Crippen molar-refractivity contribution in [1.82, 2.24) is 4.98 Å². The number of rotatable bonds is 3. The number of aromatic nitrogens is 1. The number of phenols is 1. The fourth-order valence-electron chi connectivity index (χ4n) is 1.88. The Morgan fingerprint density at radius 2 is 2.17 bits per heavy atom. The molecule has 2 aromatic heterocycles. The Balaban J connectivity index is 1.93. The van der Waals surface area contributed by atoms with E-state index >= 15 is 0 Å². The molecule has 3 nitrogen and oxygen atoms in total. The second kappa shape index (κ2) is 4.66. The predicted octanol–water partition coefficient (Wildman–Crippen LogP) is 3.61. The van der Waals surface area contributed by atoms with Gasteiger partial charge >= 0.3 is 0 Å². The average Bonchev–Trinajstić information content (AvgIpc) is 2.89. The Morgan fingerprint density at radius 3 is 3.00 bits per heavy atom. The average molecular weight is 256 g/mol. The molecule has 0 amide bonds. The molecule has 0 atom stereocenters. The Bertz CT molecular complexity index is 665. The van der Waals surface area contributed by atoms with E-state index in [1.165, 1.54) is 5.56 Å². The summed E-state index contributed by atoms with van der Waals surface area (Å²) in [4.78, 5) is 4.33. The van der Waals surface area contributed by atoms with Crippen LogP contribution in [0.5, 0.6) is 5.75 Å². The van der Waals surface area contributed by atoms with Crippen molar-refractivity contribution >= 4 is 27.9 Å². The second-order valence-corrected chi connectivity index (χ2v) is 4.83. The lowest BCUT2D eigenvalue weighted by atomic mass is 10.1. The number of benzene rings is 1. The first-order valence-corrected chi connectivity index (χ1v) is 6.60. The summed E-state index contributed by atoms with van der Waals surface area (Å²) < 4.78 is 0. The monoisotopic (exact) mass is 256 g/mol. The lowest BCUT2D eigenvalue weighted by Crippen LogP contribution is -2.00. The largest absolute Gasteiger partial charge is 0.508 e. The summed E-state index contributed by atoms with van der Waals surface area (Å²) >= 11 is 1.68. The first-order chi connectivity index (χ1) is 8.83. The zero-order chi connectivity index (χ0) is 12.4. The fourth-order valence-corrected chi connectivity index (χ4v) is 2.54. The van der Waals surface area contributed by atoms with Crippen LogP contribution in [0.4, 0.5) is 5.82 Å². The topological polar surface area (TPSA) is 45.2 Å². The van der Waals surface area contributed by atoms with Crippen molar-refractivity contribution in [1.29, 1.82) is 0 Å². The SMILES string of the molecule is Oc1ccc2ccnc(NCc3ccsc3)c2c1. The molecular formula is C14H12N2OS. The highest BCUT2D eigenvalue weighted by molar-refractivity contribution is 7.07. The molecule has 4 heteroatoms. The van der Waals surface area contributed by atoms with Gasteiger partial charge in [0.05, 0.1) is 0 Å². The summed E-state index contributed by atoms with van der Waals surface area (Å²) in [7, 11) is 0. The quantitative estimate of drug-likeness (QED) is 0.752. The lowest BCUT2D eigenvalue weighted by molar-refractivity contribution is 0.476. The molecule has 0 radical (unpaired) electrons. The Morgan fingerprint density at radius 1 is 1.22 bits per heavy atom. The van der Waals surface area contributed by atoms with Crippen molar-refractivity contribution in [2.75, 3.05) is 5.32 Å². The molecule has 2 heterocycles. The van der Waals surface area contributed by atoms with E-state index in [4.69, 9.17) is 0 Å². The van der Waals surface area contributed by atoms with Gasteiger partial charge < -0.3 is 10.4 Å².